The van der Waals surface area contributed by atoms with Gasteiger partial charge in [0.2, 0.25) is 0 Å². The normalized spacial score (nSPS) is 9.89. The summed E-state index contributed by atoms with van der Waals surface area (Å²) in [5, 5.41) is 3.64. The molecule has 0 spiro atoms. The molecule has 0 atom stereocenters. The van der Waals surface area contributed by atoms with Gasteiger partial charge in [0.05, 0.1) is 19.4 Å². The van der Waals surface area contributed by atoms with Gasteiger partial charge in [-0.1, -0.05) is 28.1 Å². The Morgan fingerprint density at radius 1 is 1.28 bits per heavy atom. The van der Waals surface area contributed by atoms with E-state index in [1.165, 1.54) is 0 Å². The number of carbonyl (C=O) groups is 1. The summed E-state index contributed by atoms with van der Waals surface area (Å²) in [5.41, 5.74) is 0.616. The maximum absolute atomic E-state index is 11.5. The summed E-state index contributed by atoms with van der Waals surface area (Å²) in [6.07, 6.45) is 2.58. The number of carbonyl (C=O) groups excluding carboxylic acids is 1. The van der Waals surface area contributed by atoms with Crippen LogP contribution in [0.15, 0.2) is 24.3 Å². The highest BCUT2D eigenvalue weighted by molar-refractivity contribution is 9.09. The zero-order chi connectivity index (χ0) is 13.2. The average molecular weight is 316 g/mol. The summed E-state index contributed by atoms with van der Waals surface area (Å²) in [6.45, 7) is 0.438. The van der Waals surface area contributed by atoms with E-state index in [0.717, 1.165) is 24.6 Å². The molecule has 18 heavy (non-hydrogen) atoms. The summed E-state index contributed by atoms with van der Waals surface area (Å²) in [6, 6.07) is 7.22. The van der Waals surface area contributed by atoms with Gasteiger partial charge < -0.3 is 9.47 Å². The molecule has 0 aliphatic rings. The molecule has 0 aromatic heterocycles. The first-order chi connectivity index (χ1) is 8.77. The van der Waals surface area contributed by atoms with E-state index in [1.54, 1.807) is 19.2 Å². The number of halogens is 1. The highest BCUT2D eigenvalue weighted by atomic mass is 79.9. The van der Waals surface area contributed by atoms with Crippen LogP contribution in [0.1, 0.15) is 19.3 Å². The van der Waals surface area contributed by atoms with E-state index in [1.807, 2.05) is 12.1 Å². The van der Waals surface area contributed by atoms with Crippen LogP contribution in [0.4, 0.5) is 10.5 Å². The molecule has 0 radical (unpaired) electrons. The molecule has 0 bridgehead atoms. The van der Waals surface area contributed by atoms with Crippen LogP contribution in [0.3, 0.4) is 0 Å². The predicted octanol–water partition coefficient (Wildman–Crippen LogP) is 3.81. The topological polar surface area (TPSA) is 47.6 Å². The Morgan fingerprint density at radius 3 is 2.78 bits per heavy atom. The molecule has 0 heterocycles. The number of ether oxygens (including phenoxy) is 2. The van der Waals surface area contributed by atoms with E-state index in [0.29, 0.717) is 18.0 Å². The number of benzene rings is 1. The molecule has 4 nitrogen and oxygen atoms in total. The van der Waals surface area contributed by atoms with Crippen LogP contribution in [0.2, 0.25) is 0 Å². The first-order valence-corrected chi connectivity index (χ1v) is 7.03. The van der Waals surface area contributed by atoms with E-state index >= 15 is 0 Å². The largest absolute Gasteiger partial charge is 0.495 e. The molecule has 0 unspecified atom stereocenters. The maximum atomic E-state index is 11.5. The molecule has 1 aromatic rings. The van der Waals surface area contributed by atoms with Gasteiger partial charge in [0.1, 0.15) is 5.75 Å². The molecular formula is C13H18BrNO3. The van der Waals surface area contributed by atoms with Crippen molar-refractivity contribution in [3.05, 3.63) is 24.3 Å². The summed E-state index contributed by atoms with van der Waals surface area (Å²) >= 11 is 3.36. The van der Waals surface area contributed by atoms with Gasteiger partial charge in [0.25, 0.3) is 0 Å². The Labute approximate surface area is 116 Å². The van der Waals surface area contributed by atoms with E-state index < -0.39 is 6.09 Å². The van der Waals surface area contributed by atoms with Crippen molar-refractivity contribution in [1.82, 2.24) is 0 Å². The second-order valence-corrected chi connectivity index (χ2v) is 4.50. The lowest BCUT2D eigenvalue weighted by Gasteiger charge is -2.10. The lowest BCUT2D eigenvalue weighted by molar-refractivity contribution is 0.159. The number of anilines is 1. The van der Waals surface area contributed by atoms with Crippen molar-refractivity contribution < 1.29 is 14.3 Å². The maximum Gasteiger partial charge on any atom is 0.411 e. The number of alkyl halides is 1. The van der Waals surface area contributed by atoms with Crippen molar-refractivity contribution >= 4 is 27.7 Å². The molecule has 1 rings (SSSR count). The Morgan fingerprint density at radius 2 is 2.06 bits per heavy atom. The number of rotatable bonds is 7. The first-order valence-electron chi connectivity index (χ1n) is 5.90. The van der Waals surface area contributed by atoms with Crippen LogP contribution in [0.25, 0.3) is 0 Å². The molecule has 0 aliphatic heterocycles. The smallest absolute Gasteiger partial charge is 0.411 e. The molecule has 5 heteroatoms. The van der Waals surface area contributed by atoms with Crippen LogP contribution in [-0.4, -0.2) is 25.1 Å². The molecule has 1 amide bonds. The summed E-state index contributed by atoms with van der Waals surface area (Å²) in [5.74, 6) is 0.619. The van der Waals surface area contributed by atoms with Crippen molar-refractivity contribution in [3.8, 4) is 5.75 Å². The molecule has 0 aliphatic carbocycles. The number of unbranched alkanes of at least 4 members (excludes halogenated alkanes) is 2. The van der Waals surface area contributed by atoms with Crippen LogP contribution >= 0.6 is 15.9 Å². The molecule has 1 N–H and O–H groups in total. The summed E-state index contributed by atoms with van der Waals surface area (Å²) < 4.78 is 10.2. The third-order valence-electron chi connectivity index (χ3n) is 2.35. The quantitative estimate of drug-likeness (QED) is 0.615. The number of hydrogen-bond acceptors (Lipinski definition) is 3. The minimum Gasteiger partial charge on any atom is -0.495 e. The standard InChI is InChI=1S/C13H18BrNO3/c1-17-12-8-4-3-7-11(12)15-13(16)18-10-6-2-5-9-14/h3-4,7-8H,2,5-6,9-10H2,1H3,(H,15,16). The van der Waals surface area contributed by atoms with Gasteiger partial charge in [-0.2, -0.15) is 0 Å². The Balaban J connectivity index is 2.31. The van der Waals surface area contributed by atoms with Gasteiger partial charge in [-0.15, -0.1) is 0 Å². The fourth-order valence-corrected chi connectivity index (χ4v) is 1.83. The molecule has 0 fully saturated rings. The number of hydrogen-bond donors (Lipinski definition) is 1. The fourth-order valence-electron chi connectivity index (χ4n) is 1.43. The van der Waals surface area contributed by atoms with Gasteiger partial charge in [-0.25, -0.2) is 4.79 Å². The number of amides is 1. The zero-order valence-corrected chi connectivity index (χ0v) is 12.0. The molecular weight excluding hydrogens is 298 g/mol. The van der Waals surface area contributed by atoms with E-state index in [2.05, 4.69) is 21.2 Å². The van der Waals surface area contributed by atoms with Gasteiger partial charge in [-0.05, 0) is 31.4 Å². The van der Waals surface area contributed by atoms with Gasteiger partial charge >= 0.3 is 6.09 Å². The van der Waals surface area contributed by atoms with Crippen molar-refractivity contribution in [2.45, 2.75) is 19.3 Å². The minimum absolute atomic E-state index is 0.438. The van der Waals surface area contributed by atoms with Crippen LogP contribution in [-0.2, 0) is 4.74 Å². The van der Waals surface area contributed by atoms with Crippen LogP contribution in [0, 0.1) is 0 Å². The lowest BCUT2D eigenvalue weighted by Crippen LogP contribution is -2.14. The van der Waals surface area contributed by atoms with Gasteiger partial charge in [-0.3, -0.25) is 5.32 Å². The SMILES string of the molecule is COc1ccccc1NC(=O)OCCCCCBr. The third-order valence-corrected chi connectivity index (χ3v) is 2.92. The van der Waals surface area contributed by atoms with Crippen molar-refractivity contribution in [2.24, 2.45) is 0 Å². The Kier molecular flexibility index (Phi) is 7.25. The lowest BCUT2D eigenvalue weighted by atomic mass is 10.3. The fraction of sp³-hybridized carbons (Fsp3) is 0.462. The molecule has 0 saturated heterocycles. The first kappa shape index (κ1) is 14.8. The Hall–Kier alpha value is -1.23. The summed E-state index contributed by atoms with van der Waals surface area (Å²) in [4.78, 5) is 11.5. The highest BCUT2D eigenvalue weighted by Crippen LogP contribution is 2.22. The van der Waals surface area contributed by atoms with Gasteiger partial charge in [0, 0.05) is 5.33 Å². The highest BCUT2D eigenvalue weighted by Gasteiger charge is 2.06. The second-order valence-electron chi connectivity index (χ2n) is 3.71. The van der Waals surface area contributed by atoms with E-state index in [-0.39, 0.29) is 0 Å². The third kappa shape index (κ3) is 5.40. The van der Waals surface area contributed by atoms with E-state index in [4.69, 9.17) is 9.47 Å². The monoisotopic (exact) mass is 315 g/mol. The average Bonchev–Trinajstić information content (AvgIpc) is 2.39. The van der Waals surface area contributed by atoms with Crippen LogP contribution < -0.4 is 10.1 Å². The van der Waals surface area contributed by atoms with Crippen molar-refractivity contribution in [1.29, 1.82) is 0 Å². The predicted molar refractivity (Wildman–Crippen MR) is 75.6 cm³/mol. The Bertz CT molecular complexity index is 371. The van der Waals surface area contributed by atoms with Crippen molar-refractivity contribution in [3.63, 3.8) is 0 Å². The van der Waals surface area contributed by atoms with Gasteiger partial charge in [0.15, 0.2) is 0 Å². The molecule has 100 valence electrons. The number of para-hydroxylation sites is 2. The summed E-state index contributed by atoms with van der Waals surface area (Å²) in [7, 11) is 1.56. The zero-order valence-electron chi connectivity index (χ0n) is 10.4. The molecule has 0 saturated carbocycles. The second kappa shape index (κ2) is 8.80. The number of nitrogens with one attached hydrogen (secondary N) is 1. The molecule has 1 aromatic carbocycles. The van der Waals surface area contributed by atoms with Crippen LogP contribution in [0.5, 0.6) is 5.75 Å². The van der Waals surface area contributed by atoms with E-state index in [9.17, 15) is 4.79 Å². The minimum atomic E-state index is -0.446. The number of methoxy groups -OCH3 is 1. The van der Waals surface area contributed by atoms with Crippen molar-refractivity contribution in [2.75, 3.05) is 24.4 Å².